The van der Waals surface area contributed by atoms with E-state index in [0.717, 1.165) is 25.1 Å². The first kappa shape index (κ1) is 17.4. The Morgan fingerprint density at radius 2 is 1.95 bits per heavy atom. The smallest absolute Gasteiger partial charge is 0.416 e. The van der Waals surface area contributed by atoms with E-state index >= 15 is 0 Å². The van der Waals surface area contributed by atoms with Gasteiger partial charge in [-0.1, -0.05) is 6.07 Å². The van der Waals surface area contributed by atoms with E-state index in [1.165, 1.54) is 0 Å². The van der Waals surface area contributed by atoms with Gasteiger partial charge in [0.2, 0.25) is 10.0 Å². The van der Waals surface area contributed by atoms with Crippen LogP contribution in [0.3, 0.4) is 0 Å². The average molecular weight is 327 g/mol. The van der Waals surface area contributed by atoms with E-state index in [9.17, 15) is 26.4 Å². The number of sulfonamides is 1. The first-order valence-electron chi connectivity index (χ1n) is 5.54. The minimum atomic E-state index is -4.71. The van der Waals surface area contributed by atoms with Gasteiger partial charge in [0.25, 0.3) is 0 Å². The molecular formula is C11H12F3NO5S. The SMILES string of the molecule is Cc1c(C(F)(F)F)cccc1S(=O)(=O)NCC(O)C(=O)O. The summed E-state index contributed by atoms with van der Waals surface area (Å²) in [5.41, 5.74) is -1.62. The molecule has 21 heavy (non-hydrogen) atoms. The van der Waals surface area contributed by atoms with Gasteiger partial charge in [-0.3, -0.25) is 0 Å². The quantitative estimate of drug-likeness (QED) is 0.740. The molecule has 0 spiro atoms. The lowest BCUT2D eigenvalue weighted by Gasteiger charge is -2.15. The van der Waals surface area contributed by atoms with E-state index in [1.54, 1.807) is 4.72 Å². The van der Waals surface area contributed by atoms with Crippen molar-refractivity contribution in [1.29, 1.82) is 0 Å². The van der Waals surface area contributed by atoms with Gasteiger partial charge in [0.1, 0.15) is 0 Å². The third-order valence-corrected chi connectivity index (χ3v) is 4.20. The van der Waals surface area contributed by atoms with Crippen LogP contribution < -0.4 is 4.72 Å². The summed E-state index contributed by atoms with van der Waals surface area (Å²) in [4.78, 5) is 9.74. The number of hydrogen-bond donors (Lipinski definition) is 3. The lowest BCUT2D eigenvalue weighted by molar-refractivity contribution is -0.146. The number of carboxylic acids is 1. The van der Waals surface area contributed by atoms with Crippen LogP contribution in [-0.4, -0.2) is 37.2 Å². The third kappa shape index (κ3) is 4.16. The van der Waals surface area contributed by atoms with Crippen LogP contribution in [0, 0.1) is 6.92 Å². The van der Waals surface area contributed by atoms with E-state index in [1.807, 2.05) is 0 Å². The number of hydrogen-bond acceptors (Lipinski definition) is 4. The molecule has 0 aliphatic rings. The monoisotopic (exact) mass is 327 g/mol. The Balaban J connectivity index is 3.13. The summed E-state index contributed by atoms with van der Waals surface area (Å²) in [6.07, 6.45) is -6.71. The summed E-state index contributed by atoms with van der Waals surface area (Å²) in [7, 11) is -4.38. The van der Waals surface area contributed by atoms with Crippen molar-refractivity contribution in [3.8, 4) is 0 Å². The van der Waals surface area contributed by atoms with Gasteiger partial charge in [0.05, 0.1) is 10.5 Å². The maximum absolute atomic E-state index is 12.7. The highest BCUT2D eigenvalue weighted by Crippen LogP contribution is 2.34. The summed E-state index contributed by atoms with van der Waals surface area (Å²) in [5.74, 6) is -1.65. The van der Waals surface area contributed by atoms with E-state index in [0.29, 0.717) is 0 Å². The van der Waals surface area contributed by atoms with Crippen LogP contribution in [0.4, 0.5) is 13.2 Å². The van der Waals surface area contributed by atoms with Crippen molar-refractivity contribution < 1.29 is 36.6 Å². The van der Waals surface area contributed by atoms with Crippen molar-refractivity contribution >= 4 is 16.0 Å². The third-order valence-electron chi connectivity index (χ3n) is 2.63. The number of carboxylic acid groups (broad SMARTS) is 1. The van der Waals surface area contributed by atoms with E-state index < -0.39 is 50.8 Å². The van der Waals surface area contributed by atoms with Crippen LogP contribution in [-0.2, 0) is 21.0 Å². The number of nitrogens with one attached hydrogen (secondary N) is 1. The molecule has 0 radical (unpaired) electrons. The molecule has 0 aromatic heterocycles. The molecule has 118 valence electrons. The zero-order valence-electron chi connectivity index (χ0n) is 10.7. The minimum Gasteiger partial charge on any atom is -0.479 e. The van der Waals surface area contributed by atoms with Crippen LogP contribution in [0.25, 0.3) is 0 Å². The number of carbonyl (C=O) groups is 1. The number of aliphatic carboxylic acids is 1. The van der Waals surface area contributed by atoms with E-state index in [2.05, 4.69) is 0 Å². The Labute approximate surface area is 118 Å². The Bertz CT molecular complexity index is 642. The van der Waals surface area contributed by atoms with Crippen LogP contribution >= 0.6 is 0 Å². The van der Waals surface area contributed by atoms with Crippen LogP contribution in [0.1, 0.15) is 11.1 Å². The van der Waals surface area contributed by atoms with Crippen LogP contribution in [0.15, 0.2) is 23.1 Å². The topological polar surface area (TPSA) is 104 Å². The zero-order chi connectivity index (χ0) is 16.4. The van der Waals surface area contributed by atoms with Gasteiger partial charge >= 0.3 is 12.1 Å². The van der Waals surface area contributed by atoms with Crippen molar-refractivity contribution in [3.05, 3.63) is 29.3 Å². The summed E-state index contributed by atoms with van der Waals surface area (Å²) in [5, 5.41) is 17.4. The van der Waals surface area contributed by atoms with Crippen molar-refractivity contribution in [2.45, 2.75) is 24.1 Å². The molecule has 1 rings (SSSR count). The summed E-state index contributed by atoms with van der Waals surface area (Å²) in [6, 6.07) is 2.62. The molecule has 0 fully saturated rings. The van der Waals surface area contributed by atoms with E-state index in [-0.39, 0.29) is 0 Å². The molecule has 0 saturated carbocycles. The number of rotatable bonds is 5. The Morgan fingerprint density at radius 1 is 1.38 bits per heavy atom. The van der Waals surface area contributed by atoms with E-state index in [4.69, 9.17) is 10.2 Å². The predicted octanol–water partition coefficient (Wildman–Crippen LogP) is 0.738. The summed E-state index contributed by atoms with van der Waals surface area (Å²) in [6.45, 7) is 0.137. The molecule has 0 heterocycles. The highest BCUT2D eigenvalue weighted by atomic mass is 32.2. The molecular weight excluding hydrogens is 315 g/mol. The van der Waals surface area contributed by atoms with Gasteiger partial charge in [-0.15, -0.1) is 0 Å². The number of halogens is 3. The fraction of sp³-hybridized carbons (Fsp3) is 0.364. The van der Waals surface area contributed by atoms with Gasteiger partial charge in [0, 0.05) is 6.54 Å². The molecule has 3 N–H and O–H groups in total. The minimum absolute atomic E-state index is 0.512. The van der Waals surface area contributed by atoms with Crippen molar-refractivity contribution in [2.75, 3.05) is 6.54 Å². The highest BCUT2D eigenvalue weighted by molar-refractivity contribution is 7.89. The second-order valence-corrected chi connectivity index (χ2v) is 5.87. The molecule has 0 bridgehead atoms. The molecule has 1 unspecified atom stereocenters. The molecule has 1 aromatic carbocycles. The first-order valence-corrected chi connectivity index (χ1v) is 7.02. The number of aliphatic hydroxyl groups excluding tert-OH is 1. The average Bonchev–Trinajstić information content (AvgIpc) is 2.34. The Kier molecular flexibility index (Phi) is 4.97. The van der Waals surface area contributed by atoms with Crippen LogP contribution in [0.5, 0.6) is 0 Å². The molecule has 1 aromatic rings. The molecule has 10 heteroatoms. The Morgan fingerprint density at radius 3 is 2.43 bits per heavy atom. The zero-order valence-corrected chi connectivity index (χ0v) is 11.5. The second-order valence-electron chi connectivity index (χ2n) is 4.13. The first-order chi connectivity index (χ1) is 9.47. The second kappa shape index (κ2) is 6.00. The van der Waals surface area contributed by atoms with Crippen LogP contribution in [0.2, 0.25) is 0 Å². The van der Waals surface area contributed by atoms with Gasteiger partial charge in [-0.05, 0) is 24.6 Å². The normalized spacial score (nSPS) is 14.0. The van der Waals surface area contributed by atoms with Gasteiger partial charge in [0.15, 0.2) is 6.10 Å². The van der Waals surface area contributed by atoms with Crippen molar-refractivity contribution in [1.82, 2.24) is 4.72 Å². The maximum Gasteiger partial charge on any atom is 0.416 e. The van der Waals surface area contributed by atoms with Crippen molar-refractivity contribution in [3.63, 3.8) is 0 Å². The summed E-state index contributed by atoms with van der Waals surface area (Å²) < 4.78 is 63.6. The molecule has 0 amide bonds. The molecule has 0 aliphatic heterocycles. The lowest BCUT2D eigenvalue weighted by atomic mass is 10.1. The summed E-state index contributed by atoms with van der Waals surface area (Å²) >= 11 is 0. The largest absolute Gasteiger partial charge is 0.479 e. The lowest BCUT2D eigenvalue weighted by Crippen LogP contribution is -2.36. The van der Waals surface area contributed by atoms with Crippen molar-refractivity contribution in [2.24, 2.45) is 0 Å². The Hall–Kier alpha value is -1.65. The van der Waals surface area contributed by atoms with Gasteiger partial charge < -0.3 is 10.2 Å². The fourth-order valence-electron chi connectivity index (χ4n) is 1.57. The molecule has 0 saturated heterocycles. The standard InChI is InChI=1S/C11H12F3NO5S/c1-6-7(11(12,13)14)3-2-4-9(6)21(19,20)15-5-8(16)10(17)18/h2-4,8,15-16H,5H2,1H3,(H,17,18). The number of aliphatic hydroxyl groups is 1. The predicted molar refractivity (Wildman–Crippen MR) is 65.0 cm³/mol. The fourth-order valence-corrected chi connectivity index (χ4v) is 2.87. The molecule has 1 atom stereocenters. The maximum atomic E-state index is 12.7. The number of alkyl halides is 3. The van der Waals surface area contributed by atoms with Gasteiger partial charge in [-0.25, -0.2) is 17.9 Å². The number of benzene rings is 1. The molecule has 6 nitrogen and oxygen atoms in total. The molecule has 0 aliphatic carbocycles. The highest BCUT2D eigenvalue weighted by Gasteiger charge is 2.34. The van der Waals surface area contributed by atoms with Gasteiger partial charge in [-0.2, -0.15) is 13.2 Å².